The lowest BCUT2D eigenvalue weighted by Gasteiger charge is -2.15. The van der Waals surface area contributed by atoms with Gasteiger partial charge in [-0.2, -0.15) is 0 Å². The molecule has 0 saturated heterocycles. The van der Waals surface area contributed by atoms with Crippen molar-refractivity contribution in [1.82, 2.24) is 25.2 Å². The number of imidazole rings is 1. The monoisotopic (exact) mass is 610 g/mol. The quantitative estimate of drug-likeness (QED) is 0.107. The van der Waals surface area contributed by atoms with Gasteiger partial charge in [0.05, 0.1) is 11.0 Å². The number of para-hydroxylation sites is 1. The Morgan fingerprint density at radius 3 is 2.50 bits per heavy atom. The molecule has 0 unspecified atom stereocenters. The lowest BCUT2D eigenvalue weighted by Crippen LogP contribution is -2.43. The van der Waals surface area contributed by atoms with Gasteiger partial charge in [-0.3, -0.25) is 19.2 Å². The average Bonchev–Trinajstić information content (AvgIpc) is 3.36. The molecule has 4 rings (SSSR count). The van der Waals surface area contributed by atoms with E-state index >= 15 is 0 Å². The number of unbranched alkanes of at least 4 members (excludes halogenated alkanes) is 2. The van der Waals surface area contributed by atoms with Crippen LogP contribution in [0.2, 0.25) is 0 Å². The molecule has 12 nitrogen and oxygen atoms in total. The third kappa shape index (κ3) is 7.44. The number of benzene rings is 2. The summed E-state index contributed by atoms with van der Waals surface area (Å²) in [5.74, 6) is 1.61. The number of amides is 3. The number of fused-ring (bicyclic) bond motifs is 3. The number of nitrogens with two attached hydrogens (primary N) is 2. The topological polar surface area (TPSA) is 179 Å². The minimum Gasteiger partial charge on any atom is -0.382 e. The number of nitrogens with one attached hydrogen (secondary N) is 3. The third-order valence-electron chi connectivity index (χ3n) is 7.08. The van der Waals surface area contributed by atoms with E-state index in [1.807, 2.05) is 24.3 Å². The molecule has 14 heteroatoms. The zero-order valence-corrected chi connectivity index (χ0v) is 24.6. The second kappa shape index (κ2) is 14.7. The van der Waals surface area contributed by atoms with Gasteiger partial charge in [0.2, 0.25) is 11.8 Å². The maximum atomic E-state index is 14.7. The fourth-order valence-corrected chi connectivity index (χ4v) is 4.85. The van der Waals surface area contributed by atoms with Gasteiger partial charge in [-0.05, 0) is 44.4 Å². The molecule has 0 fully saturated rings. The Morgan fingerprint density at radius 2 is 1.80 bits per heavy atom. The van der Waals surface area contributed by atoms with Crippen LogP contribution in [0.3, 0.4) is 0 Å². The first-order valence-electron chi connectivity index (χ1n) is 14.4. The third-order valence-corrected chi connectivity index (χ3v) is 7.08. The summed E-state index contributed by atoms with van der Waals surface area (Å²) in [4.78, 5) is 49.9. The molecule has 4 aromatic rings. The molecule has 2 aromatic carbocycles. The second-order valence-electron chi connectivity index (χ2n) is 10.4. The van der Waals surface area contributed by atoms with Crippen LogP contribution in [0, 0.1) is 11.6 Å². The number of aromatic nitrogens is 3. The number of carbonyl (C=O) groups excluding carboxylic acids is 3. The molecule has 0 radical (unpaired) electrons. The standard InChI is InChI=1S/C30H36F2N8O4/c1-3-4-11-23-38-26-27(19-9-5-6-10-22(19)37-28(26)33)40(23)13-8-7-12-35-30(43)18-14-20(31)25(21(32)15-18)39-29(42)17(2)36-24(41)16-44-34/h5-6,9-10,14-15,17H,3-4,7-8,11-13,16,34H2,1-2H3,(H2,33,37)(H,35,43)(H,36,41)(H,39,42)/t17-/m0/s1. The molecule has 0 spiro atoms. The first-order chi connectivity index (χ1) is 21.1. The summed E-state index contributed by atoms with van der Waals surface area (Å²) in [5, 5.41) is 8.00. The van der Waals surface area contributed by atoms with Crippen molar-refractivity contribution >= 4 is 51.2 Å². The Hall–Kier alpha value is -4.69. The van der Waals surface area contributed by atoms with Crippen LogP contribution in [-0.2, 0) is 27.4 Å². The van der Waals surface area contributed by atoms with Crippen LogP contribution in [0.15, 0.2) is 36.4 Å². The highest BCUT2D eigenvalue weighted by Gasteiger charge is 2.21. The highest BCUT2D eigenvalue weighted by molar-refractivity contribution is 6.06. The van der Waals surface area contributed by atoms with Crippen molar-refractivity contribution in [2.45, 2.75) is 58.5 Å². The Bertz CT molecular complexity index is 1650. The van der Waals surface area contributed by atoms with E-state index in [0.717, 1.165) is 53.6 Å². The van der Waals surface area contributed by atoms with E-state index in [2.05, 4.69) is 37.3 Å². The van der Waals surface area contributed by atoms with Crippen molar-refractivity contribution in [3.8, 4) is 0 Å². The van der Waals surface area contributed by atoms with Crippen LogP contribution in [0.4, 0.5) is 20.3 Å². The number of nitrogen functional groups attached to an aromatic ring is 1. The summed E-state index contributed by atoms with van der Waals surface area (Å²) in [5.41, 5.74) is 7.68. The molecule has 0 aliphatic rings. The van der Waals surface area contributed by atoms with Gasteiger partial charge in [0.15, 0.2) is 17.5 Å². The summed E-state index contributed by atoms with van der Waals surface area (Å²) in [6.07, 6.45) is 4.07. The van der Waals surface area contributed by atoms with E-state index in [1.165, 1.54) is 6.92 Å². The first-order valence-corrected chi connectivity index (χ1v) is 14.4. The lowest BCUT2D eigenvalue weighted by molar-refractivity contribution is -0.129. The molecule has 2 heterocycles. The molecule has 0 bridgehead atoms. The van der Waals surface area contributed by atoms with Crippen molar-refractivity contribution in [2.24, 2.45) is 5.90 Å². The van der Waals surface area contributed by atoms with Gasteiger partial charge in [0.25, 0.3) is 5.91 Å². The largest absolute Gasteiger partial charge is 0.382 e. The number of rotatable bonds is 14. The highest BCUT2D eigenvalue weighted by atomic mass is 19.1. The van der Waals surface area contributed by atoms with Crippen molar-refractivity contribution in [2.75, 3.05) is 24.2 Å². The van der Waals surface area contributed by atoms with Gasteiger partial charge in [-0.15, -0.1) is 0 Å². The zero-order valence-electron chi connectivity index (χ0n) is 24.6. The molecule has 0 saturated carbocycles. The van der Waals surface area contributed by atoms with E-state index in [-0.39, 0.29) is 12.1 Å². The maximum absolute atomic E-state index is 14.7. The van der Waals surface area contributed by atoms with Gasteiger partial charge >= 0.3 is 0 Å². The first kappa shape index (κ1) is 32.2. The smallest absolute Gasteiger partial charge is 0.251 e. The number of anilines is 2. The van der Waals surface area contributed by atoms with Crippen molar-refractivity contribution in [3.63, 3.8) is 0 Å². The molecule has 0 aliphatic carbocycles. The Kier molecular flexibility index (Phi) is 10.7. The Labute approximate surface area is 252 Å². The van der Waals surface area contributed by atoms with E-state index in [1.54, 1.807) is 0 Å². The number of halogens is 2. The van der Waals surface area contributed by atoms with Crippen molar-refractivity contribution < 1.29 is 28.0 Å². The Balaban J connectivity index is 1.37. The van der Waals surface area contributed by atoms with Gasteiger partial charge < -0.3 is 26.3 Å². The summed E-state index contributed by atoms with van der Waals surface area (Å²) in [6.45, 7) is 3.85. The van der Waals surface area contributed by atoms with Crippen LogP contribution in [0.25, 0.3) is 21.9 Å². The van der Waals surface area contributed by atoms with E-state index in [9.17, 15) is 23.2 Å². The maximum Gasteiger partial charge on any atom is 0.251 e. The number of aryl methyl sites for hydroxylation is 2. The van der Waals surface area contributed by atoms with E-state index in [4.69, 9.17) is 16.6 Å². The van der Waals surface area contributed by atoms with Crippen LogP contribution in [-0.4, -0.2) is 51.5 Å². The number of carbonyl (C=O) groups is 3. The van der Waals surface area contributed by atoms with Crippen molar-refractivity contribution in [3.05, 3.63) is 59.4 Å². The number of hydrogen-bond acceptors (Lipinski definition) is 8. The summed E-state index contributed by atoms with van der Waals surface area (Å²) < 4.78 is 31.6. The molecule has 3 amide bonds. The van der Waals surface area contributed by atoms with E-state index in [0.29, 0.717) is 30.7 Å². The van der Waals surface area contributed by atoms with Gasteiger partial charge in [0.1, 0.15) is 29.7 Å². The molecule has 7 N–H and O–H groups in total. The molecule has 1 atom stereocenters. The van der Waals surface area contributed by atoms with E-state index < -0.39 is 47.7 Å². The Morgan fingerprint density at radius 1 is 1.07 bits per heavy atom. The minimum atomic E-state index is -1.14. The fraction of sp³-hybridized carbons (Fsp3) is 0.367. The van der Waals surface area contributed by atoms with Gasteiger partial charge in [0, 0.05) is 30.5 Å². The molecule has 44 heavy (non-hydrogen) atoms. The molecule has 2 aromatic heterocycles. The fourth-order valence-electron chi connectivity index (χ4n) is 4.85. The predicted octanol–water partition coefficient (Wildman–Crippen LogP) is 3.33. The molecular weight excluding hydrogens is 574 g/mol. The summed E-state index contributed by atoms with van der Waals surface area (Å²) in [6, 6.07) is 8.31. The normalized spacial score (nSPS) is 11.9. The molecule has 234 valence electrons. The van der Waals surface area contributed by atoms with Crippen LogP contribution in [0.1, 0.15) is 55.7 Å². The lowest BCUT2D eigenvalue weighted by atomic mass is 10.1. The van der Waals surface area contributed by atoms with Crippen LogP contribution >= 0.6 is 0 Å². The minimum absolute atomic E-state index is 0.239. The highest BCUT2D eigenvalue weighted by Crippen LogP contribution is 2.29. The number of nitrogens with zero attached hydrogens (tertiary/aromatic N) is 3. The summed E-state index contributed by atoms with van der Waals surface area (Å²) >= 11 is 0. The SMILES string of the molecule is CCCCc1nc2c(N)nc3ccccc3c2n1CCCCNC(=O)c1cc(F)c(NC(=O)[C@H](C)NC(=O)CON)c(F)c1. The van der Waals surface area contributed by atoms with Crippen LogP contribution in [0.5, 0.6) is 0 Å². The van der Waals surface area contributed by atoms with Crippen molar-refractivity contribution in [1.29, 1.82) is 0 Å². The zero-order chi connectivity index (χ0) is 31.8. The van der Waals surface area contributed by atoms with Gasteiger partial charge in [-0.1, -0.05) is 31.5 Å². The number of pyridine rings is 1. The average molecular weight is 611 g/mol. The van der Waals surface area contributed by atoms with Crippen LogP contribution < -0.4 is 27.6 Å². The summed E-state index contributed by atoms with van der Waals surface area (Å²) in [7, 11) is 0. The second-order valence-corrected chi connectivity index (χ2v) is 10.4. The van der Waals surface area contributed by atoms with Gasteiger partial charge in [-0.25, -0.2) is 24.6 Å². The number of hydrogen-bond donors (Lipinski definition) is 5. The predicted molar refractivity (Wildman–Crippen MR) is 162 cm³/mol. The molecule has 0 aliphatic heterocycles. The molecular formula is C30H36F2N8O4.